The average Bonchev–Trinajstić information content (AvgIpc) is 3.94. The maximum absolute atomic E-state index is 12.7. The van der Waals surface area contributed by atoms with Gasteiger partial charge in [0.25, 0.3) is 5.91 Å². The SMILES string of the molecule is CN1CCN([C@@H]2CCCN(c3cnc(C(N)=O)c(Nc4ccc(C5CC6CCCC(C5)N6[C@H]5Cc6ccc7c(C8CCC(=O)NC8=O)noc7c6C5)cc4)n3)C2)C1=O. The Hall–Kier alpha value is -5.57. The number of nitrogens with two attached hydrogens (primary N) is 1. The van der Waals surface area contributed by atoms with Gasteiger partial charge in [-0.1, -0.05) is 29.8 Å². The Morgan fingerprint density at radius 3 is 2.45 bits per heavy atom. The Balaban J connectivity index is 0.815. The third-order valence-electron chi connectivity index (χ3n) is 13.8. The summed E-state index contributed by atoms with van der Waals surface area (Å²) in [5.41, 5.74) is 11.9. The van der Waals surface area contributed by atoms with E-state index in [0.717, 1.165) is 74.8 Å². The largest absolute Gasteiger partial charge is 0.364 e. The Bertz CT molecular complexity index is 2280. The third kappa shape index (κ3) is 6.52. The van der Waals surface area contributed by atoms with Gasteiger partial charge < -0.3 is 30.3 Å². The van der Waals surface area contributed by atoms with Crippen molar-refractivity contribution in [3.05, 3.63) is 70.7 Å². The third-order valence-corrected chi connectivity index (χ3v) is 13.8. The van der Waals surface area contributed by atoms with Crippen molar-refractivity contribution in [3.8, 4) is 0 Å². The van der Waals surface area contributed by atoms with Crippen LogP contribution in [0.2, 0.25) is 0 Å². The Labute approximate surface area is 336 Å². The number of rotatable bonds is 8. The van der Waals surface area contributed by atoms with E-state index in [-0.39, 0.29) is 29.6 Å². The van der Waals surface area contributed by atoms with Crippen LogP contribution in [0.3, 0.4) is 0 Å². The molecule has 4 N–H and O–H groups in total. The van der Waals surface area contributed by atoms with Crippen LogP contribution >= 0.6 is 0 Å². The van der Waals surface area contributed by atoms with Gasteiger partial charge in [-0.3, -0.25) is 24.6 Å². The molecule has 6 aliphatic rings. The zero-order valence-electron chi connectivity index (χ0n) is 32.9. The maximum atomic E-state index is 12.7. The number of amides is 5. The first-order valence-electron chi connectivity index (χ1n) is 21.0. The number of primary amides is 1. The molecule has 5 atom stereocenters. The molecule has 0 radical (unpaired) electrons. The van der Waals surface area contributed by atoms with Gasteiger partial charge in [0.15, 0.2) is 17.1 Å². The van der Waals surface area contributed by atoms with E-state index in [1.165, 1.54) is 36.0 Å². The maximum Gasteiger partial charge on any atom is 0.320 e. The van der Waals surface area contributed by atoms with E-state index in [1.807, 2.05) is 11.9 Å². The molecule has 5 aliphatic heterocycles. The van der Waals surface area contributed by atoms with Gasteiger partial charge in [-0.05, 0) is 93.0 Å². The van der Waals surface area contributed by atoms with Gasteiger partial charge in [-0.2, -0.15) is 0 Å². The molecule has 15 nitrogen and oxygen atoms in total. The van der Waals surface area contributed by atoms with Crippen molar-refractivity contribution in [1.29, 1.82) is 0 Å². The molecule has 2 aromatic heterocycles. The number of nitrogens with one attached hydrogen (secondary N) is 2. The predicted octanol–water partition coefficient (Wildman–Crippen LogP) is 4.58. The van der Waals surface area contributed by atoms with Gasteiger partial charge in [0.05, 0.1) is 18.2 Å². The Morgan fingerprint density at radius 1 is 0.914 bits per heavy atom. The summed E-state index contributed by atoms with van der Waals surface area (Å²) in [4.78, 5) is 67.6. The highest BCUT2D eigenvalue weighted by Gasteiger charge is 2.44. The summed E-state index contributed by atoms with van der Waals surface area (Å²) >= 11 is 0. The number of nitrogens with zero attached hydrogens (tertiary/aromatic N) is 7. The molecule has 10 rings (SSSR count). The second-order valence-corrected chi connectivity index (χ2v) is 17.2. The molecular weight excluding hydrogens is 737 g/mol. The van der Waals surface area contributed by atoms with Crippen LogP contribution in [0.4, 0.5) is 22.1 Å². The highest BCUT2D eigenvalue weighted by atomic mass is 16.5. The lowest BCUT2D eigenvalue weighted by Gasteiger charge is -2.52. The number of urea groups is 1. The van der Waals surface area contributed by atoms with Crippen LogP contribution in [-0.2, 0) is 22.4 Å². The molecule has 2 bridgehead atoms. The van der Waals surface area contributed by atoms with E-state index < -0.39 is 11.8 Å². The first-order chi connectivity index (χ1) is 28.2. The number of fused-ring (bicyclic) bond motifs is 5. The molecule has 5 amide bonds. The van der Waals surface area contributed by atoms with Crippen molar-refractivity contribution < 1.29 is 23.7 Å². The predicted molar refractivity (Wildman–Crippen MR) is 216 cm³/mol. The van der Waals surface area contributed by atoms with E-state index in [1.54, 1.807) is 11.1 Å². The number of benzene rings is 2. The van der Waals surface area contributed by atoms with Crippen LogP contribution in [0.25, 0.3) is 11.0 Å². The summed E-state index contributed by atoms with van der Waals surface area (Å²) < 4.78 is 5.97. The first kappa shape index (κ1) is 36.7. The van der Waals surface area contributed by atoms with Crippen LogP contribution in [0.5, 0.6) is 0 Å². The van der Waals surface area contributed by atoms with Gasteiger partial charge in [-0.15, -0.1) is 0 Å². The number of anilines is 3. The summed E-state index contributed by atoms with van der Waals surface area (Å²) in [6, 6.07) is 14.3. The standard InChI is InChI=1S/C43H50N10O5/c1-50-16-17-52(43(50)57)30-6-3-15-51(23-30)35-22-45-38(40(44)55)41(47-35)46-27-10-7-24(8-11-27)26-19-28-4-2-5-29(20-26)53(28)31-18-25-9-12-32-37(49-58-39(32)34(25)21-31)33-13-14-36(54)48-42(33)56/h7-12,22,26,28-31,33H,2-6,13-21,23H2,1H3,(H2,44,55)(H,46,47)(H,48,54,56)/t26?,28?,29?,30-,31+,33?/m1/s1. The van der Waals surface area contributed by atoms with Crippen molar-refractivity contribution in [2.24, 2.45) is 5.73 Å². The van der Waals surface area contributed by atoms with Gasteiger partial charge >= 0.3 is 6.03 Å². The molecule has 15 heteroatoms. The molecule has 2 aromatic carbocycles. The normalized spacial score (nSPS) is 27.6. The number of aromatic nitrogens is 3. The zero-order valence-corrected chi connectivity index (χ0v) is 32.9. The number of piperidine rings is 4. The molecule has 0 spiro atoms. The van der Waals surface area contributed by atoms with Gasteiger partial charge in [0, 0.05) is 74.4 Å². The van der Waals surface area contributed by atoms with Crippen molar-refractivity contribution in [1.82, 2.24) is 35.1 Å². The highest BCUT2D eigenvalue weighted by molar-refractivity contribution is 6.02. The van der Waals surface area contributed by atoms with Crippen LogP contribution in [0.15, 0.2) is 47.1 Å². The van der Waals surface area contributed by atoms with Crippen LogP contribution in [-0.4, -0.2) is 111 Å². The fourth-order valence-corrected chi connectivity index (χ4v) is 11.0. The summed E-state index contributed by atoms with van der Waals surface area (Å²) in [7, 11) is 1.84. The summed E-state index contributed by atoms with van der Waals surface area (Å²) in [6.45, 7) is 2.91. The molecule has 1 aliphatic carbocycles. The lowest BCUT2D eigenvalue weighted by Crippen LogP contribution is -2.56. The highest BCUT2D eigenvalue weighted by Crippen LogP contribution is 2.46. The Kier molecular flexibility index (Phi) is 9.29. The number of carbonyl (C=O) groups is 4. The van der Waals surface area contributed by atoms with Crippen LogP contribution in [0.1, 0.15) is 102 Å². The summed E-state index contributed by atoms with van der Waals surface area (Å²) in [5, 5.41) is 11.1. The van der Waals surface area contributed by atoms with Crippen molar-refractivity contribution in [2.45, 2.75) is 107 Å². The minimum Gasteiger partial charge on any atom is -0.364 e. The van der Waals surface area contributed by atoms with Gasteiger partial charge in [-0.25, -0.2) is 14.8 Å². The van der Waals surface area contributed by atoms with E-state index in [4.69, 9.17) is 15.2 Å². The van der Waals surface area contributed by atoms with Crippen molar-refractivity contribution >= 4 is 52.0 Å². The molecule has 7 heterocycles. The molecule has 5 fully saturated rings. The summed E-state index contributed by atoms with van der Waals surface area (Å²) in [5.74, 6) is -0.224. The summed E-state index contributed by atoms with van der Waals surface area (Å²) in [6.07, 6.45) is 11.9. The second kappa shape index (κ2) is 14.7. The van der Waals surface area contributed by atoms with Gasteiger partial charge in [0.1, 0.15) is 11.5 Å². The van der Waals surface area contributed by atoms with E-state index >= 15 is 0 Å². The number of hydrogen-bond donors (Lipinski definition) is 3. The molecule has 58 heavy (non-hydrogen) atoms. The zero-order chi connectivity index (χ0) is 39.7. The van der Waals surface area contributed by atoms with Crippen LogP contribution < -0.4 is 21.3 Å². The average molecular weight is 787 g/mol. The molecule has 302 valence electrons. The minimum absolute atomic E-state index is 0.0695. The lowest BCUT2D eigenvalue weighted by molar-refractivity contribution is -0.134. The molecule has 3 unspecified atom stereocenters. The molecule has 4 aromatic rings. The molecule has 5 saturated heterocycles. The van der Waals surface area contributed by atoms with E-state index in [9.17, 15) is 19.2 Å². The lowest BCUT2D eigenvalue weighted by atomic mass is 9.74. The fraction of sp³-hybridized carbons (Fsp3) is 0.512. The van der Waals surface area contributed by atoms with Gasteiger partial charge in [0.2, 0.25) is 11.8 Å². The van der Waals surface area contributed by atoms with E-state index in [0.29, 0.717) is 60.8 Å². The smallest absolute Gasteiger partial charge is 0.320 e. The quantitative estimate of drug-likeness (QED) is 0.213. The number of imide groups is 1. The van der Waals surface area contributed by atoms with Crippen molar-refractivity contribution in [2.75, 3.05) is 43.4 Å². The Morgan fingerprint density at radius 2 is 1.71 bits per heavy atom. The number of carbonyl (C=O) groups excluding carboxylic acids is 4. The fourth-order valence-electron chi connectivity index (χ4n) is 11.0. The topological polar surface area (TPSA) is 183 Å². The minimum atomic E-state index is -0.647. The monoisotopic (exact) mass is 786 g/mol. The second-order valence-electron chi connectivity index (χ2n) is 17.2. The first-order valence-corrected chi connectivity index (χ1v) is 21.0. The van der Waals surface area contributed by atoms with E-state index in [2.05, 4.69) is 67.0 Å². The van der Waals surface area contributed by atoms with Crippen molar-refractivity contribution in [3.63, 3.8) is 0 Å². The van der Waals surface area contributed by atoms with Crippen LogP contribution in [0, 0.1) is 0 Å². The number of hydrogen-bond acceptors (Lipinski definition) is 11. The molecule has 0 saturated carbocycles. The number of likely N-dealkylation sites (N-methyl/N-ethyl adjacent to an activating group) is 1. The molecular formula is C43H50N10O5.